The summed E-state index contributed by atoms with van der Waals surface area (Å²) in [5.41, 5.74) is 4.12. The number of halogens is 1. The molecule has 2 aromatic heterocycles. The normalized spacial score (nSPS) is 15.8. The van der Waals surface area contributed by atoms with Gasteiger partial charge >= 0.3 is 0 Å². The Balaban J connectivity index is 1.61. The zero-order valence-corrected chi connectivity index (χ0v) is 18.3. The number of ether oxygens (including phenoxy) is 2. The zero-order chi connectivity index (χ0) is 22.1. The standard InChI is InChI=1S/C22H23ClN6O3/c1-31-20-13(23)3-2-4-16(20)27-19-17-14(5-7-24-21(17)30)26-18(19)15-6-8-25-22(28-15)29-9-11-32-12-10-29/h2-4,6,8,26-27H,5,7,9-12H2,1H3,(H,24,30). The van der Waals surface area contributed by atoms with E-state index in [1.165, 1.54) is 0 Å². The van der Waals surface area contributed by atoms with E-state index in [1.807, 2.05) is 18.2 Å². The van der Waals surface area contributed by atoms with E-state index in [9.17, 15) is 4.79 Å². The van der Waals surface area contributed by atoms with Crippen LogP contribution in [0.4, 0.5) is 17.3 Å². The van der Waals surface area contributed by atoms with Crippen LogP contribution in [0.1, 0.15) is 16.1 Å². The molecule has 0 spiro atoms. The number of anilines is 3. The lowest BCUT2D eigenvalue weighted by Crippen LogP contribution is -2.37. The van der Waals surface area contributed by atoms with Crippen molar-refractivity contribution in [2.45, 2.75) is 6.42 Å². The summed E-state index contributed by atoms with van der Waals surface area (Å²) in [5, 5.41) is 6.77. The minimum absolute atomic E-state index is 0.139. The number of rotatable bonds is 5. The van der Waals surface area contributed by atoms with Crippen LogP contribution in [-0.2, 0) is 11.2 Å². The molecule has 0 saturated carbocycles. The minimum atomic E-state index is -0.139. The van der Waals surface area contributed by atoms with Crippen molar-refractivity contribution in [1.82, 2.24) is 20.3 Å². The van der Waals surface area contributed by atoms with Gasteiger partial charge in [0.15, 0.2) is 5.75 Å². The molecule has 0 atom stereocenters. The highest BCUT2D eigenvalue weighted by Gasteiger charge is 2.28. The third kappa shape index (κ3) is 3.74. The van der Waals surface area contributed by atoms with Gasteiger partial charge in [0, 0.05) is 37.9 Å². The molecule has 32 heavy (non-hydrogen) atoms. The summed E-state index contributed by atoms with van der Waals surface area (Å²) in [7, 11) is 1.56. The van der Waals surface area contributed by atoms with Gasteiger partial charge in [0.1, 0.15) is 0 Å². The summed E-state index contributed by atoms with van der Waals surface area (Å²) in [4.78, 5) is 27.6. The van der Waals surface area contributed by atoms with Crippen LogP contribution < -0.4 is 20.3 Å². The summed E-state index contributed by atoms with van der Waals surface area (Å²) in [6, 6.07) is 7.27. The molecule has 10 heteroatoms. The number of H-pyrrole nitrogens is 1. The van der Waals surface area contributed by atoms with Gasteiger partial charge in [0.25, 0.3) is 5.91 Å². The van der Waals surface area contributed by atoms with Gasteiger partial charge in [-0.25, -0.2) is 9.97 Å². The smallest absolute Gasteiger partial charge is 0.255 e. The van der Waals surface area contributed by atoms with E-state index in [2.05, 4.69) is 25.5 Å². The molecule has 1 fully saturated rings. The number of morpholine rings is 1. The number of amides is 1. The molecule has 1 aromatic carbocycles. The highest BCUT2D eigenvalue weighted by atomic mass is 35.5. The average Bonchev–Trinajstić information content (AvgIpc) is 3.19. The van der Waals surface area contributed by atoms with Crippen molar-refractivity contribution in [1.29, 1.82) is 0 Å². The Kier molecular flexibility index (Phi) is 5.59. The van der Waals surface area contributed by atoms with Gasteiger partial charge in [-0.3, -0.25) is 4.79 Å². The molecule has 0 bridgehead atoms. The molecule has 5 rings (SSSR count). The lowest BCUT2D eigenvalue weighted by molar-refractivity contribution is 0.0947. The Morgan fingerprint density at radius 1 is 1.25 bits per heavy atom. The van der Waals surface area contributed by atoms with Crippen molar-refractivity contribution in [3.8, 4) is 17.1 Å². The van der Waals surface area contributed by atoms with Gasteiger partial charge in [0.05, 0.1) is 53.7 Å². The topological polar surface area (TPSA) is 104 Å². The third-order valence-electron chi connectivity index (χ3n) is 5.59. The van der Waals surface area contributed by atoms with E-state index in [4.69, 9.17) is 26.1 Å². The molecule has 0 aliphatic carbocycles. The largest absolute Gasteiger partial charge is 0.493 e. The van der Waals surface area contributed by atoms with Crippen molar-refractivity contribution in [3.63, 3.8) is 0 Å². The molecule has 2 aliphatic rings. The van der Waals surface area contributed by atoms with Gasteiger partial charge in [-0.15, -0.1) is 0 Å². The highest BCUT2D eigenvalue weighted by molar-refractivity contribution is 6.32. The summed E-state index contributed by atoms with van der Waals surface area (Å²) in [5.74, 6) is 0.997. The van der Waals surface area contributed by atoms with Gasteiger partial charge in [-0.2, -0.15) is 0 Å². The number of aromatic amines is 1. The Morgan fingerprint density at radius 2 is 2.09 bits per heavy atom. The fourth-order valence-electron chi connectivity index (χ4n) is 4.05. The van der Waals surface area contributed by atoms with Crippen molar-refractivity contribution >= 4 is 34.8 Å². The molecule has 2 aliphatic heterocycles. The second-order valence-electron chi connectivity index (χ2n) is 7.52. The number of para-hydroxylation sites is 1. The van der Waals surface area contributed by atoms with Gasteiger partial charge in [-0.1, -0.05) is 17.7 Å². The van der Waals surface area contributed by atoms with E-state index >= 15 is 0 Å². The Hall–Kier alpha value is -3.30. The lowest BCUT2D eigenvalue weighted by atomic mass is 10.1. The number of fused-ring (bicyclic) bond motifs is 1. The maximum absolute atomic E-state index is 12.8. The number of carbonyl (C=O) groups is 1. The number of hydrogen-bond donors (Lipinski definition) is 3. The number of methoxy groups -OCH3 is 1. The van der Waals surface area contributed by atoms with Crippen LogP contribution >= 0.6 is 11.6 Å². The fraction of sp³-hybridized carbons (Fsp3) is 0.318. The predicted octanol–water partition coefficient (Wildman–Crippen LogP) is 3.00. The average molecular weight is 455 g/mol. The maximum atomic E-state index is 12.8. The second-order valence-corrected chi connectivity index (χ2v) is 7.93. The van der Waals surface area contributed by atoms with Crippen molar-refractivity contribution in [3.05, 3.63) is 46.7 Å². The first-order chi connectivity index (χ1) is 15.7. The van der Waals surface area contributed by atoms with Crippen LogP contribution in [0, 0.1) is 0 Å². The summed E-state index contributed by atoms with van der Waals surface area (Å²) in [6.45, 7) is 3.34. The SMILES string of the molecule is COc1c(Cl)cccc1Nc1c(-c2ccnc(N3CCOCC3)n2)[nH]c2c1C(=O)NCC2. The first kappa shape index (κ1) is 20.6. The van der Waals surface area contributed by atoms with Crippen LogP contribution in [0.15, 0.2) is 30.5 Å². The molecule has 166 valence electrons. The van der Waals surface area contributed by atoms with Gasteiger partial charge in [-0.05, 0) is 18.2 Å². The summed E-state index contributed by atoms with van der Waals surface area (Å²) in [6.07, 6.45) is 2.43. The van der Waals surface area contributed by atoms with Crippen LogP contribution in [-0.4, -0.2) is 60.8 Å². The second kappa shape index (κ2) is 8.68. The van der Waals surface area contributed by atoms with Gasteiger partial charge in [0.2, 0.25) is 5.95 Å². The highest BCUT2D eigenvalue weighted by Crippen LogP contribution is 2.40. The quantitative estimate of drug-likeness (QED) is 0.544. The fourth-order valence-corrected chi connectivity index (χ4v) is 4.30. The Bertz CT molecular complexity index is 1160. The number of carbonyl (C=O) groups excluding carboxylic acids is 1. The van der Waals surface area contributed by atoms with E-state index in [0.717, 1.165) is 18.8 Å². The van der Waals surface area contributed by atoms with Crippen molar-refractivity contribution in [2.75, 3.05) is 50.2 Å². The molecule has 3 aromatic rings. The Labute approximate surface area is 190 Å². The number of aromatic nitrogens is 3. The van der Waals surface area contributed by atoms with E-state index in [1.54, 1.807) is 19.4 Å². The summed E-state index contributed by atoms with van der Waals surface area (Å²) >= 11 is 6.32. The number of benzene rings is 1. The molecule has 1 saturated heterocycles. The first-order valence-electron chi connectivity index (χ1n) is 10.4. The van der Waals surface area contributed by atoms with E-state index < -0.39 is 0 Å². The third-order valence-corrected chi connectivity index (χ3v) is 5.89. The van der Waals surface area contributed by atoms with Crippen LogP contribution in [0.25, 0.3) is 11.4 Å². The molecule has 4 heterocycles. The minimum Gasteiger partial charge on any atom is -0.493 e. The van der Waals surface area contributed by atoms with Crippen LogP contribution in [0.2, 0.25) is 5.02 Å². The molecule has 9 nitrogen and oxygen atoms in total. The number of nitrogens with zero attached hydrogens (tertiary/aromatic N) is 3. The van der Waals surface area contributed by atoms with Crippen LogP contribution in [0.5, 0.6) is 5.75 Å². The number of nitrogens with one attached hydrogen (secondary N) is 3. The molecular formula is C22H23ClN6O3. The van der Waals surface area contributed by atoms with Crippen molar-refractivity contribution < 1.29 is 14.3 Å². The van der Waals surface area contributed by atoms with E-state index in [-0.39, 0.29) is 5.91 Å². The van der Waals surface area contributed by atoms with E-state index in [0.29, 0.717) is 71.2 Å². The Morgan fingerprint density at radius 3 is 2.91 bits per heavy atom. The molecule has 0 unspecified atom stereocenters. The molecular weight excluding hydrogens is 432 g/mol. The lowest BCUT2D eigenvalue weighted by Gasteiger charge is -2.26. The van der Waals surface area contributed by atoms with Gasteiger partial charge < -0.3 is 30.0 Å². The van der Waals surface area contributed by atoms with Crippen LogP contribution in [0.3, 0.4) is 0 Å². The maximum Gasteiger partial charge on any atom is 0.255 e. The predicted molar refractivity (Wildman–Crippen MR) is 122 cm³/mol. The number of hydrogen-bond acceptors (Lipinski definition) is 7. The molecule has 1 amide bonds. The molecule has 0 radical (unpaired) electrons. The van der Waals surface area contributed by atoms with Crippen molar-refractivity contribution in [2.24, 2.45) is 0 Å². The first-order valence-corrected chi connectivity index (χ1v) is 10.8. The summed E-state index contributed by atoms with van der Waals surface area (Å²) < 4.78 is 10.9. The monoisotopic (exact) mass is 454 g/mol. The molecule has 3 N–H and O–H groups in total. The zero-order valence-electron chi connectivity index (χ0n) is 17.6.